The largest absolute Gasteiger partial charge is 0.480 e. The molecule has 0 aromatic carbocycles. The molecule has 70 valence electrons. The molecule has 0 amide bonds. The molecular weight excluding hydrogens is 162 g/mol. The summed E-state index contributed by atoms with van der Waals surface area (Å²) in [5.41, 5.74) is -0.526. The van der Waals surface area contributed by atoms with Crippen molar-refractivity contribution < 1.29 is 19.8 Å². The second-order valence-electron chi connectivity index (χ2n) is 3.50. The Hall–Kier alpha value is -1.10. The van der Waals surface area contributed by atoms with Crippen molar-refractivity contribution in [2.45, 2.75) is 32.4 Å². The van der Waals surface area contributed by atoms with Crippen molar-refractivity contribution in [2.75, 3.05) is 0 Å². The highest BCUT2D eigenvalue weighted by Crippen LogP contribution is 2.01. The van der Waals surface area contributed by atoms with E-state index in [2.05, 4.69) is 5.32 Å². The molecule has 0 spiro atoms. The van der Waals surface area contributed by atoms with Crippen LogP contribution >= 0.6 is 0 Å². The molecule has 5 heteroatoms. The maximum atomic E-state index is 10.4. The highest BCUT2D eigenvalue weighted by atomic mass is 16.4. The lowest BCUT2D eigenvalue weighted by Crippen LogP contribution is -2.51. The van der Waals surface area contributed by atoms with Gasteiger partial charge in [-0.15, -0.1) is 0 Å². The van der Waals surface area contributed by atoms with E-state index in [1.54, 1.807) is 20.8 Å². The monoisotopic (exact) mass is 175 g/mol. The number of aliphatic carboxylic acids is 2. The van der Waals surface area contributed by atoms with Gasteiger partial charge in [0.05, 0.1) is 0 Å². The minimum Gasteiger partial charge on any atom is -0.480 e. The lowest BCUT2D eigenvalue weighted by molar-refractivity contribution is -0.151. The van der Waals surface area contributed by atoms with Gasteiger partial charge in [0.1, 0.15) is 0 Å². The molecule has 0 atom stereocenters. The van der Waals surface area contributed by atoms with Crippen molar-refractivity contribution in [1.29, 1.82) is 0 Å². The van der Waals surface area contributed by atoms with Crippen LogP contribution in [0.3, 0.4) is 0 Å². The fraction of sp³-hybridized carbons (Fsp3) is 0.714. The normalized spacial score (nSPS) is 11.7. The van der Waals surface area contributed by atoms with Crippen molar-refractivity contribution in [3.05, 3.63) is 0 Å². The summed E-state index contributed by atoms with van der Waals surface area (Å²) >= 11 is 0. The van der Waals surface area contributed by atoms with Crippen molar-refractivity contribution in [1.82, 2.24) is 5.32 Å². The molecule has 0 aliphatic rings. The van der Waals surface area contributed by atoms with Crippen LogP contribution in [0.5, 0.6) is 0 Å². The van der Waals surface area contributed by atoms with Gasteiger partial charge < -0.3 is 10.2 Å². The predicted molar refractivity (Wildman–Crippen MR) is 41.9 cm³/mol. The lowest BCUT2D eigenvalue weighted by atomic mass is 10.1. The minimum atomic E-state index is -1.54. The molecule has 0 aromatic rings. The van der Waals surface area contributed by atoms with E-state index in [1.165, 1.54) is 0 Å². The molecule has 0 aliphatic heterocycles. The molecule has 3 N–H and O–H groups in total. The zero-order valence-corrected chi connectivity index (χ0v) is 7.29. The number of hydrogen-bond acceptors (Lipinski definition) is 3. The summed E-state index contributed by atoms with van der Waals surface area (Å²) in [6.07, 6.45) is 0. The summed E-state index contributed by atoms with van der Waals surface area (Å²) in [6.45, 7) is 5.10. The molecule has 0 heterocycles. The van der Waals surface area contributed by atoms with Crippen LogP contribution in [0.1, 0.15) is 20.8 Å². The van der Waals surface area contributed by atoms with Gasteiger partial charge in [-0.05, 0) is 20.8 Å². The van der Waals surface area contributed by atoms with Crippen LogP contribution in [0, 0.1) is 0 Å². The summed E-state index contributed by atoms with van der Waals surface area (Å²) in [7, 11) is 0. The summed E-state index contributed by atoms with van der Waals surface area (Å²) < 4.78 is 0. The Balaban J connectivity index is 4.35. The molecule has 0 radical (unpaired) electrons. The maximum Gasteiger partial charge on any atom is 0.332 e. The van der Waals surface area contributed by atoms with Crippen molar-refractivity contribution in [2.24, 2.45) is 0 Å². The van der Waals surface area contributed by atoms with E-state index < -0.39 is 23.5 Å². The average Bonchev–Trinajstić information content (AvgIpc) is 1.79. The third-order valence-electron chi connectivity index (χ3n) is 1.07. The molecule has 0 fully saturated rings. The number of hydrogen-bond donors (Lipinski definition) is 3. The van der Waals surface area contributed by atoms with Gasteiger partial charge in [0.15, 0.2) is 0 Å². The van der Waals surface area contributed by atoms with Crippen LogP contribution in [0.15, 0.2) is 0 Å². The average molecular weight is 175 g/mol. The first-order valence-electron chi connectivity index (χ1n) is 3.47. The second-order valence-corrected chi connectivity index (χ2v) is 3.50. The maximum absolute atomic E-state index is 10.4. The first kappa shape index (κ1) is 10.9. The SMILES string of the molecule is CC(C)(C)NC(C(=O)O)C(=O)O. The Morgan fingerprint density at radius 2 is 1.50 bits per heavy atom. The van der Waals surface area contributed by atoms with Crippen LogP contribution in [-0.2, 0) is 9.59 Å². The van der Waals surface area contributed by atoms with E-state index in [-0.39, 0.29) is 0 Å². The molecule has 0 aliphatic carbocycles. The van der Waals surface area contributed by atoms with Gasteiger partial charge in [-0.3, -0.25) is 5.32 Å². The third-order valence-corrected chi connectivity index (χ3v) is 1.07. The van der Waals surface area contributed by atoms with Crippen LogP contribution in [0.4, 0.5) is 0 Å². The predicted octanol–water partition coefficient (Wildman–Crippen LogP) is -0.0877. The number of carboxylic acids is 2. The Labute approximate surface area is 70.4 Å². The fourth-order valence-corrected chi connectivity index (χ4v) is 0.662. The molecule has 0 aromatic heterocycles. The topological polar surface area (TPSA) is 86.6 Å². The first-order chi connectivity index (χ1) is 5.24. The van der Waals surface area contributed by atoms with Gasteiger partial charge in [0, 0.05) is 5.54 Å². The Bertz CT molecular complexity index is 180. The molecule has 0 saturated carbocycles. The molecule has 0 unspecified atom stereocenters. The second kappa shape index (κ2) is 3.53. The minimum absolute atomic E-state index is 0.526. The smallest absolute Gasteiger partial charge is 0.332 e. The Morgan fingerprint density at radius 1 is 1.17 bits per heavy atom. The quantitative estimate of drug-likeness (QED) is 0.522. The van der Waals surface area contributed by atoms with Gasteiger partial charge in [-0.25, -0.2) is 9.59 Å². The first-order valence-corrected chi connectivity index (χ1v) is 3.47. The standard InChI is InChI=1S/C7H13NO4/c1-7(2,3)8-4(5(9)10)6(11)12/h4,8H,1-3H3,(H,9,10)(H,11,12). The van der Waals surface area contributed by atoms with Gasteiger partial charge in [0.2, 0.25) is 6.04 Å². The lowest BCUT2D eigenvalue weighted by Gasteiger charge is -2.23. The van der Waals surface area contributed by atoms with Crippen molar-refractivity contribution >= 4 is 11.9 Å². The summed E-state index contributed by atoms with van der Waals surface area (Å²) in [4.78, 5) is 20.8. The third kappa shape index (κ3) is 3.92. The highest BCUT2D eigenvalue weighted by Gasteiger charge is 2.29. The summed E-state index contributed by atoms with van der Waals surface area (Å²) in [5.74, 6) is -2.75. The molecular formula is C7H13NO4. The number of carboxylic acid groups (broad SMARTS) is 2. The Morgan fingerprint density at radius 3 is 1.58 bits per heavy atom. The molecule has 0 rings (SSSR count). The van der Waals surface area contributed by atoms with Crippen molar-refractivity contribution in [3.63, 3.8) is 0 Å². The fourth-order valence-electron chi connectivity index (χ4n) is 0.662. The Kier molecular flexibility index (Phi) is 3.21. The van der Waals surface area contributed by atoms with Gasteiger partial charge >= 0.3 is 11.9 Å². The molecule has 12 heavy (non-hydrogen) atoms. The van der Waals surface area contributed by atoms with Gasteiger partial charge in [-0.2, -0.15) is 0 Å². The van der Waals surface area contributed by atoms with E-state index >= 15 is 0 Å². The van der Waals surface area contributed by atoms with E-state index in [4.69, 9.17) is 10.2 Å². The van der Waals surface area contributed by atoms with E-state index in [9.17, 15) is 9.59 Å². The number of rotatable bonds is 3. The van der Waals surface area contributed by atoms with Crippen LogP contribution in [0.2, 0.25) is 0 Å². The molecule has 0 bridgehead atoms. The number of nitrogens with one attached hydrogen (secondary N) is 1. The zero-order chi connectivity index (χ0) is 9.94. The molecule has 5 nitrogen and oxygen atoms in total. The van der Waals surface area contributed by atoms with E-state index in [0.717, 1.165) is 0 Å². The van der Waals surface area contributed by atoms with Gasteiger partial charge in [-0.1, -0.05) is 0 Å². The summed E-state index contributed by atoms with van der Waals surface area (Å²) in [6, 6.07) is -1.54. The van der Waals surface area contributed by atoms with E-state index in [0.29, 0.717) is 0 Å². The van der Waals surface area contributed by atoms with Crippen LogP contribution < -0.4 is 5.32 Å². The van der Waals surface area contributed by atoms with Gasteiger partial charge in [0.25, 0.3) is 0 Å². The van der Waals surface area contributed by atoms with Crippen LogP contribution in [0.25, 0.3) is 0 Å². The van der Waals surface area contributed by atoms with E-state index in [1.807, 2.05) is 0 Å². The highest BCUT2D eigenvalue weighted by molar-refractivity contribution is 5.97. The summed E-state index contributed by atoms with van der Waals surface area (Å²) in [5, 5.41) is 19.4. The molecule has 0 saturated heterocycles. The zero-order valence-electron chi connectivity index (χ0n) is 7.29. The number of carbonyl (C=O) groups is 2. The van der Waals surface area contributed by atoms with Crippen molar-refractivity contribution in [3.8, 4) is 0 Å². The van der Waals surface area contributed by atoms with Crippen LogP contribution in [-0.4, -0.2) is 33.7 Å².